The molecule has 5 heteroatoms. The number of nitrogens with zero attached hydrogens (tertiary/aromatic N) is 1. The molecular formula is C29H33Cl2NOZr. The number of hydrogen-bond acceptors (Lipinski definition) is 2. The molecule has 0 atom stereocenters. The summed E-state index contributed by atoms with van der Waals surface area (Å²) in [5.74, 6) is 1.14. The predicted molar refractivity (Wildman–Crippen MR) is 143 cm³/mol. The maximum absolute atomic E-state index is 11.5. The van der Waals surface area contributed by atoms with Gasteiger partial charge in [-0.25, -0.2) is 0 Å². The van der Waals surface area contributed by atoms with Crippen LogP contribution >= 0.6 is 17.0 Å². The molecule has 3 aromatic carbocycles. The fraction of sp³-hybridized carbons (Fsp3) is 0.345. The first-order valence-electron chi connectivity index (χ1n) is 11.8. The van der Waals surface area contributed by atoms with E-state index < -0.39 is 20.8 Å². The number of hydrogen-bond donors (Lipinski definition) is 1. The number of aromatic hydroxyl groups is 1. The van der Waals surface area contributed by atoms with Crippen LogP contribution < -0.4 is 0 Å². The van der Waals surface area contributed by atoms with E-state index in [1.54, 1.807) is 0 Å². The fourth-order valence-corrected chi connectivity index (χ4v) is 4.69. The van der Waals surface area contributed by atoms with Gasteiger partial charge in [-0.05, 0) is 48.3 Å². The molecule has 0 saturated heterocycles. The minimum atomic E-state index is -0.826. The van der Waals surface area contributed by atoms with Crippen LogP contribution in [0.15, 0.2) is 77.8 Å². The van der Waals surface area contributed by atoms with E-state index in [0.717, 1.165) is 41.0 Å². The summed E-state index contributed by atoms with van der Waals surface area (Å²) in [6, 6.07) is 25.2. The molecule has 0 heterocycles. The summed E-state index contributed by atoms with van der Waals surface area (Å²) in [5.41, 5.74) is 4.74. The Kier molecular flexibility index (Phi) is 10.4. The molecule has 1 fully saturated rings. The van der Waals surface area contributed by atoms with Crippen molar-refractivity contribution in [3.8, 4) is 16.9 Å². The van der Waals surface area contributed by atoms with Gasteiger partial charge >= 0.3 is 37.9 Å². The molecule has 3 aromatic rings. The van der Waals surface area contributed by atoms with Crippen molar-refractivity contribution in [2.45, 2.75) is 57.9 Å². The molecule has 0 spiro atoms. The van der Waals surface area contributed by atoms with Gasteiger partial charge in [-0.3, -0.25) is 4.99 Å². The second-order valence-corrected chi connectivity index (χ2v) is 13.3. The van der Waals surface area contributed by atoms with Gasteiger partial charge in [0.1, 0.15) is 5.75 Å². The van der Waals surface area contributed by atoms with Crippen LogP contribution in [0.5, 0.6) is 5.75 Å². The standard InChI is InChI=1S/C29H33NO.2ClH.Zr/c1-21-14-16-24(17-15-21)30-20-26-25(22-10-6-4-7-11-22)18-19-27(28(26)31)29(2,3)23-12-8-5-9-13-23;;;/h4-13,18-21,24,31H,14-17H2,1-3H3;2*1H;/q;;;+2/p-2. The van der Waals surface area contributed by atoms with E-state index in [0.29, 0.717) is 11.8 Å². The van der Waals surface area contributed by atoms with E-state index in [1.165, 1.54) is 18.4 Å². The molecule has 1 N–H and O–H groups in total. The third kappa shape index (κ3) is 6.84. The molecule has 0 unspecified atom stereocenters. The Labute approximate surface area is 223 Å². The Balaban J connectivity index is 0.00000103. The van der Waals surface area contributed by atoms with Gasteiger partial charge in [0.15, 0.2) is 0 Å². The molecule has 0 radical (unpaired) electrons. The first-order chi connectivity index (χ1) is 16.4. The molecule has 2 nitrogen and oxygen atoms in total. The van der Waals surface area contributed by atoms with Crippen molar-refractivity contribution in [2.75, 3.05) is 0 Å². The third-order valence-electron chi connectivity index (χ3n) is 6.87. The molecular weight excluding hydrogens is 540 g/mol. The monoisotopic (exact) mass is 571 g/mol. The van der Waals surface area contributed by atoms with Crippen molar-refractivity contribution < 1.29 is 26.0 Å². The van der Waals surface area contributed by atoms with Gasteiger partial charge in [0.05, 0.1) is 0 Å². The van der Waals surface area contributed by atoms with Gasteiger partial charge in [-0.1, -0.05) is 93.6 Å². The van der Waals surface area contributed by atoms with Gasteiger partial charge in [0.25, 0.3) is 0 Å². The van der Waals surface area contributed by atoms with E-state index in [2.05, 4.69) is 69.3 Å². The first kappa shape index (κ1) is 27.2. The molecule has 0 amide bonds. The summed E-state index contributed by atoms with van der Waals surface area (Å²) in [6.07, 6.45) is 6.67. The molecule has 0 aliphatic heterocycles. The summed E-state index contributed by atoms with van der Waals surface area (Å²) in [4.78, 5) is 4.95. The zero-order valence-corrected chi connectivity index (χ0v) is 24.1. The van der Waals surface area contributed by atoms with Crippen LogP contribution in [-0.4, -0.2) is 17.4 Å². The second kappa shape index (κ2) is 13.1. The summed E-state index contributed by atoms with van der Waals surface area (Å²) >= 11 is -0.826. The summed E-state index contributed by atoms with van der Waals surface area (Å²) in [5, 5.41) is 11.5. The molecule has 1 aliphatic carbocycles. The normalized spacial score (nSPS) is 18.3. The van der Waals surface area contributed by atoms with Crippen LogP contribution in [0.3, 0.4) is 0 Å². The van der Waals surface area contributed by atoms with Crippen LogP contribution in [0.25, 0.3) is 11.1 Å². The second-order valence-electron chi connectivity index (χ2n) is 9.54. The molecule has 0 aromatic heterocycles. The minimum absolute atomic E-state index is 0.316. The summed E-state index contributed by atoms with van der Waals surface area (Å²) in [7, 11) is 9.87. The number of halogens is 2. The van der Waals surface area contributed by atoms with Gasteiger partial charge in [-0.15, -0.1) is 0 Å². The maximum atomic E-state index is 11.5. The molecule has 0 bridgehead atoms. The SMILES string of the molecule is CC1CCC(N=Cc2c(-c3ccccc3)ccc(C(C)(C)c3ccccc3)c2O)CC1.[Cl][Zr][Cl]. The van der Waals surface area contributed by atoms with Crippen molar-refractivity contribution >= 4 is 23.2 Å². The summed E-state index contributed by atoms with van der Waals surface area (Å²) < 4.78 is 0. The molecule has 1 saturated carbocycles. The van der Waals surface area contributed by atoms with Crippen molar-refractivity contribution in [1.29, 1.82) is 0 Å². The van der Waals surface area contributed by atoms with Crippen LogP contribution in [0.2, 0.25) is 0 Å². The van der Waals surface area contributed by atoms with Gasteiger partial charge in [0.2, 0.25) is 0 Å². The molecule has 34 heavy (non-hydrogen) atoms. The molecule has 178 valence electrons. The van der Waals surface area contributed by atoms with Crippen molar-refractivity contribution in [3.63, 3.8) is 0 Å². The van der Waals surface area contributed by atoms with E-state index in [1.807, 2.05) is 30.5 Å². The Morgan fingerprint density at radius 3 is 2.03 bits per heavy atom. The van der Waals surface area contributed by atoms with E-state index in [-0.39, 0.29) is 5.41 Å². The van der Waals surface area contributed by atoms with Crippen molar-refractivity contribution in [3.05, 3.63) is 89.5 Å². The molecule has 1 aliphatic rings. The van der Waals surface area contributed by atoms with E-state index >= 15 is 0 Å². The van der Waals surface area contributed by atoms with Crippen LogP contribution in [-0.2, 0) is 26.3 Å². The van der Waals surface area contributed by atoms with E-state index in [9.17, 15) is 5.11 Å². The number of rotatable bonds is 5. The quantitative estimate of drug-likeness (QED) is 0.304. The first-order valence-corrected chi connectivity index (χ1v) is 18.2. The summed E-state index contributed by atoms with van der Waals surface area (Å²) in [6.45, 7) is 6.67. The average molecular weight is 574 g/mol. The Morgan fingerprint density at radius 2 is 1.44 bits per heavy atom. The molecule has 4 rings (SSSR count). The van der Waals surface area contributed by atoms with Gasteiger partial charge < -0.3 is 5.11 Å². The van der Waals surface area contributed by atoms with Gasteiger partial charge in [-0.2, -0.15) is 0 Å². The van der Waals surface area contributed by atoms with Crippen molar-refractivity contribution in [1.82, 2.24) is 0 Å². The fourth-order valence-electron chi connectivity index (χ4n) is 4.69. The topological polar surface area (TPSA) is 32.6 Å². The van der Waals surface area contributed by atoms with Gasteiger partial charge in [0, 0.05) is 28.8 Å². The number of aliphatic imine (C=N–C) groups is 1. The zero-order valence-electron chi connectivity index (χ0n) is 20.1. The number of phenolic OH excluding ortho intramolecular Hbond substituents is 1. The average Bonchev–Trinajstić information content (AvgIpc) is 2.85. The Hall–Kier alpha value is -1.41. The van der Waals surface area contributed by atoms with E-state index in [4.69, 9.17) is 22.0 Å². The van der Waals surface area contributed by atoms with Crippen molar-refractivity contribution in [2.24, 2.45) is 10.9 Å². The Morgan fingerprint density at radius 1 is 0.882 bits per heavy atom. The zero-order chi connectivity index (χ0) is 24.6. The third-order valence-corrected chi connectivity index (χ3v) is 6.87. The van der Waals surface area contributed by atoms with Crippen LogP contribution in [0, 0.1) is 5.92 Å². The Bertz CT molecular complexity index is 1060. The van der Waals surface area contributed by atoms with Crippen LogP contribution in [0.4, 0.5) is 0 Å². The predicted octanol–water partition coefficient (Wildman–Crippen LogP) is 8.76. The van der Waals surface area contributed by atoms with Crippen LogP contribution in [0.1, 0.15) is 63.1 Å². The number of phenols is 1. The number of benzene rings is 3.